The predicted octanol–water partition coefficient (Wildman–Crippen LogP) is 1.70. The molecule has 0 aromatic heterocycles. The molecule has 1 unspecified atom stereocenters. The van der Waals surface area contributed by atoms with E-state index >= 15 is 0 Å². The number of hydrogen-bond acceptors (Lipinski definition) is 3. The molecule has 20 heavy (non-hydrogen) atoms. The summed E-state index contributed by atoms with van der Waals surface area (Å²) in [6.45, 7) is 3.26. The molecule has 0 heterocycles. The average molecular weight is 361 g/mol. The lowest BCUT2D eigenvalue weighted by Crippen LogP contribution is -2.45. The van der Waals surface area contributed by atoms with Gasteiger partial charge in [0.2, 0.25) is 15.9 Å². The van der Waals surface area contributed by atoms with Gasteiger partial charge in [-0.25, -0.2) is 8.42 Å². The van der Waals surface area contributed by atoms with Crippen molar-refractivity contribution in [3.05, 3.63) is 28.2 Å². The molecule has 0 bridgehead atoms. The van der Waals surface area contributed by atoms with Crippen LogP contribution in [0.25, 0.3) is 0 Å². The Morgan fingerprint density at radius 3 is 2.65 bits per heavy atom. The summed E-state index contributed by atoms with van der Waals surface area (Å²) in [5.74, 6) is -0.288. The number of rotatable bonds is 5. The Morgan fingerprint density at radius 1 is 1.40 bits per heavy atom. The molecule has 0 radical (unpaired) electrons. The first-order chi connectivity index (χ1) is 9.29. The van der Waals surface area contributed by atoms with Gasteiger partial charge in [0.05, 0.1) is 10.9 Å². The largest absolute Gasteiger partial charge is 0.352 e. The molecule has 0 aliphatic heterocycles. The van der Waals surface area contributed by atoms with Gasteiger partial charge >= 0.3 is 0 Å². The molecule has 1 aliphatic rings. The highest BCUT2D eigenvalue weighted by atomic mass is 79.9. The quantitative estimate of drug-likeness (QED) is 0.838. The third-order valence-corrected chi connectivity index (χ3v) is 5.26. The zero-order valence-electron chi connectivity index (χ0n) is 11.3. The van der Waals surface area contributed by atoms with Crippen LogP contribution >= 0.6 is 15.9 Å². The van der Waals surface area contributed by atoms with E-state index in [0.29, 0.717) is 10.0 Å². The van der Waals surface area contributed by atoms with Crippen molar-refractivity contribution in [2.24, 2.45) is 0 Å². The van der Waals surface area contributed by atoms with Crippen LogP contribution in [0.1, 0.15) is 25.3 Å². The Hall–Kier alpha value is -0.920. The second kappa shape index (κ2) is 5.83. The lowest BCUT2D eigenvalue weighted by Gasteiger charge is -2.15. The zero-order valence-corrected chi connectivity index (χ0v) is 13.7. The fourth-order valence-electron chi connectivity index (χ4n) is 1.77. The van der Waals surface area contributed by atoms with Crippen LogP contribution in [-0.4, -0.2) is 26.4 Å². The SMILES string of the molecule is Cc1ccc(Br)cc1S(=O)(=O)NC(C)C(=O)NC1CC1. The van der Waals surface area contributed by atoms with Crippen molar-refractivity contribution in [2.45, 2.75) is 43.7 Å². The first-order valence-electron chi connectivity index (χ1n) is 6.38. The summed E-state index contributed by atoms with van der Waals surface area (Å²) < 4.78 is 27.7. The third-order valence-electron chi connectivity index (χ3n) is 3.09. The minimum Gasteiger partial charge on any atom is -0.352 e. The molecule has 7 heteroatoms. The predicted molar refractivity (Wildman–Crippen MR) is 79.8 cm³/mol. The monoisotopic (exact) mass is 360 g/mol. The molecule has 110 valence electrons. The van der Waals surface area contributed by atoms with Gasteiger partial charge in [-0.05, 0) is 44.4 Å². The van der Waals surface area contributed by atoms with E-state index in [1.165, 1.54) is 6.07 Å². The zero-order chi connectivity index (χ0) is 14.9. The summed E-state index contributed by atoms with van der Waals surface area (Å²) in [5.41, 5.74) is 0.635. The number of benzene rings is 1. The van der Waals surface area contributed by atoms with E-state index in [1.54, 1.807) is 26.0 Å². The third kappa shape index (κ3) is 3.80. The van der Waals surface area contributed by atoms with Crippen LogP contribution in [-0.2, 0) is 14.8 Å². The Morgan fingerprint density at radius 2 is 2.05 bits per heavy atom. The first kappa shape index (κ1) is 15.5. The van der Waals surface area contributed by atoms with Gasteiger partial charge in [0, 0.05) is 10.5 Å². The molecule has 5 nitrogen and oxygen atoms in total. The molecular weight excluding hydrogens is 344 g/mol. The van der Waals surface area contributed by atoms with E-state index in [0.717, 1.165) is 12.8 Å². The molecule has 1 fully saturated rings. The van der Waals surface area contributed by atoms with E-state index < -0.39 is 16.1 Å². The van der Waals surface area contributed by atoms with E-state index in [9.17, 15) is 13.2 Å². The van der Waals surface area contributed by atoms with Gasteiger partial charge in [0.1, 0.15) is 0 Å². The van der Waals surface area contributed by atoms with Crippen LogP contribution in [0, 0.1) is 6.92 Å². The van der Waals surface area contributed by atoms with Crippen LogP contribution in [0.2, 0.25) is 0 Å². The number of aryl methyl sites for hydroxylation is 1. The smallest absolute Gasteiger partial charge is 0.241 e. The van der Waals surface area contributed by atoms with Gasteiger partial charge in [-0.3, -0.25) is 4.79 Å². The van der Waals surface area contributed by atoms with E-state index in [-0.39, 0.29) is 16.8 Å². The molecule has 1 aromatic carbocycles. The fraction of sp³-hybridized carbons (Fsp3) is 0.462. The number of carbonyl (C=O) groups is 1. The van der Waals surface area contributed by atoms with Crippen molar-refractivity contribution >= 4 is 31.9 Å². The lowest BCUT2D eigenvalue weighted by atomic mass is 10.2. The summed E-state index contributed by atoms with van der Waals surface area (Å²) in [6, 6.07) is 4.44. The van der Waals surface area contributed by atoms with E-state index in [4.69, 9.17) is 0 Å². The molecule has 1 atom stereocenters. The molecular formula is C13H17BrN2O3S. The Bertz CT molecular complexity index is 627. The normalized spacial score (nSPS) is 16.8. The minimum absolute atomic E-state index is 0.179. The Labute approximate surface area is 127 Å². The highest BCUT2D eigenvalue weighted by molar-refractivity contribution is 9.10. The number of carbonyl (C=O) groups excluding carboxylic acids is 1. The van der Waals surface area contributed by atoms with Gasteiger partial charge < -0.3 is 5.32 Å². The molecule has 1 saturated carbocycles. The van der Waals surface area contributed by atoms with Crippen LogP contribution in [0.3, 0.4) is 0 Å². The maximum absolute atomic E-state index is 12.3. The van der Waals surface area contributed by atoms with Crippen molar-refractivity contribution in [3.8, 4) is 0 Å². The van der Waals surface area contributed by atoms with Gasteiger partial charge in [-0.1, -0.05) is 22.0 Å². The number of halogens is 1. The van der Waals surface area contributed by atoms with Crippen molar-refractivity contribution in [1.29, 1.82) is 0 Å². The lowest BCUT2D eigenvalue weighted by molar-refractivity contribution is -0.122. The first-order valence-corrected chi connectivity index (χ1v) is 8.66. The molecule has 2 N–H and O–H groups in total. The van der Waals surface area contributed by atoms with Crippen LogP contribution in [0.15, 0.2) is 27.6 Å². The molecule has 2 rings (SSSR count). The molecule has 1 aromatic rings. The second-order valence-corrected chi connectivity index (χ2v) is 7.63. The molecule has 0 spiro atoms. The maximum atomic E-state index is 12.3. The summed E-state index contributed by atoms with van der Waals surface area (Å²) in [4.78, 5) is 12.0. The van der Waals surface area contributed by atoms with Gasteiger partial charge in [0.25, 0.3) is 0 Å². The number of amides is 1. The summed E-state index contributed by atoms with van der Waals surface area (Å²) in [5, 5.41) is 2.78. The summed E-state index contributed by atoms with van der Waals surface area (Å²) in [6.07, 6.45) is 1.94. The van der Waals surface area contributed by atoms with Crippen LogP contribution in [0.4, 0.5) is 0 Å². The van der Waals surface area contributed by atoms with E-state index in [1.807, 2.05) is 0 Å². The van der Waals surface area contributed by atoms with Gasteiger partial charge in [-0.2, -0.15) is 4.72 Å². The average Bonchev–Trinajstić information content (AvgIpc) is 3.15. The molecule has 0 saturated heterocycles. The highest BCUT2D eigenvalue weighted by Gasteiger charge is 2.28. The molecule has 1 amide bonds. The number of hydrogen-bond donors (Lipinski definition) is 2. The van der Waals surface area contributed by atoms with Crippen molar-refractivity contribution in [1.82, 2.24) is 10.0 Å². The van der Waals surface area contributed by atoms with Crippen molar-refractivity contribution in [3.63, 3.8) is 0 Å². The van der Waals surface area contributed by atoms with Gasteiger partial charge in [-0.15, -0.1) is 0 Å². The summed E-state index contributed by atoms with van der Waals surface area (Å²) in [7, 11) is -3.71. The maximum Gasteiger partial charge on any atom is 0.241 e. The molecule has 1 aliphatic carbocycles. The minimum atomic E-state index is -3.71. The van der Waals surface area contributed by atoms with Gasteiger partial charge in [0.15, 0.2) is 0 Å². The van der Waals surface area contributed by atoms with E-state index in [2.05, 4.69) is 26.0 Å². The number of sulfonamides is 1. The fourth-order valence-corrected chi connectivity index (χ4v) is 3.75. The number of nitrogens with one attached hydrogen (secondary N) is 2. The van der Waals surface area contributed by atoms with Crippen molar-refractivity contribution in [2.75, 3.05) is 0 Å². The Kier molecular flexibility index (Phi) is 4.51. The van der Waals surface area contributed by atoms with Crippen LogP contribution in [0.5, 0.6) is 0 Å². The van der Waals surface area contributed by atoms with Crippen molar-refractivity contribution < 1.29 is 13.2 Å². The summed E-state index contributed by atoms with van der Waals surface area (Å²) >= 11 is 3.25. The second-order valence-electron chi connectivity index (χ2n) is 5.04. The standard InChI is InChI=1S/C13H17BrN2O3S/c1-8-3-4-10(14)7-12(8)20(18,19)16-9(2)13(17)15-11-5-6-11/h3-4,7,9,11,16H,5-6H2,1-2H3,(H,15,17). The Balaban J connectivity index is 2.13. The highest BCUT2D eigenvalue weighted by Crippen LogP contribution is 2.21. The van der Waals surface area contributed by atoms with Crippen LogP contribution < -0.4 is 10.0 Å². The topological polar surface area (TPSA) is 75.3 Å².